The predicted octanol–water partition coefficient (Wildman–Crippen LogP) is 2.75. The number of hydrogen-bond donors (Lipinski definition) is 2. The molecule has 2 aromatic carbocycles. The number of hydrogen-bond acceptors (Lipinski definition) is 4. The molecule has 0 aromatic heterocycles. The van der Waals surface area contributed by atoms with Crippen molar-refractivity contribution < 1.29 is 9.47 Å². The zero-order valence-electron chi connectivity index (χ0n) is 13.0. The van der Waals surface area contributed by atoms with Crippen LogP contribution in [0.25, 0.3) is 0 Å². The van der Waals surface area contributed by atoms with E-state index in [1.807, 2.05) is 12.1 Å². The van der Waals surface area contributed by atoms with Crippen LogP contribution in [0, 0.1) is 0 Å². The molecular formula is C19H22N2O2. The molecule has 2 aliphatic rings. The summed E-state index contributed by atoms with van der Waals surface area (Å²) in [4.78, 5) is 0. The molecule has 4 atom stereocenters. The maximum Gasteiger partial charge on any atom is 0.112 e. The molecular weight excluding hydrogens is 288 g/mol. The van der Waals surface area contributed by atoms with Crippen LogP contribution in [0.15, 0.2) is 60.7 Å². The lowest BCUT2D eigenvalue weighted by Gasteiger charge is -2.17. The largest absolute Gasteiger partial charge is 0.361 e. The van der Waals surface area contributed by atoms with Crippen molar-refractivity contribution in [3.05, 3.63) is 71.8 Å². The molecule has 0 bridgehead atoms. The third-order valence-electron chi connectivity index (χ3n) is 4.53. The lowest BCUT2D eigenvalue weighted by atomic mass is 10.1. The molecule has 2 N–H and O–H groups in total. The minimum absolute atomic E-state index is 0.0345. The van der Waals surface area contributed by atoms with Crippen LogP contribution in [0.2, 0.25) is 0 Å². The van der Waals surface area contributed by atoms with Crippen LogP contribution < -0.4 is 10.6 Å². The van der Waals surface area contributed by atoms with Gasteiger partial charge in [0.2, 0.25) is 0 Å². The molecule has 2 unspecified atom stereocenters. The Morgan fingerprint density at radius 3 is 1.57 bits per heavy atom. The summed E-state index contributed by atoms with van der Waals surface area (Å²) in [6.07, 6.45) is 0.881. The average molecular weight is 310 g/mol. The second-order valence-electron chi connectivity index (χ2n) is 6.14. The highest BCUT2D eigenvalue weighted by atomic mass is 16.5. The summed E-state index contributed by atoms with van der Waals surface area (Å²) in [7, 11) is 0. The highest BCUT2D eigenvalue weighted by molar-refractivity contribution is 5.21. The summed E-state index contributed by atoms with van der Waals surface area (Å²) in [5.41, 5.74) is 2.55. The summed E-state index contributed by atoms with van der Waals surface area (Å²) in [6, 6.07) is 21.4. The van der Waals surface area contributed by atoms with E-state index in [1.165, 1.54) is 11.1 Å². The Bertz CT molecular complexity index is 564. The van der Waals surface area contributed by atoms with E-state index in [0.717, 1.165) is 6.42 Å². The lowest BCUT2D eigenvalue weighted by molar-refractivity contribution is 0.0231. The maximum atomic E-state index is 5.89. The van der Waals surface area contributed by atoms with E-state index >= 15 is 0 Å². The number of nitrogens with one attached hydrogen (secondary N) is 2. The smallest absolute Gasteiger partial charge is 0.112 e. The molecule has 0 spiro atoms. The Labute approximate surface area is 136 Å². The predicted molar refractivity (Wildman–Crippen MR) is 88.7 cm³/mol. The van der Waals surface area contributed by atoms with Gasteiger partial charge in [0.1, 0.15) is 12.5 Å². The molecule has 0 saturated carbocycles. The molecule has 4 rings (SSSR count). The Morgan fingerprint density at radius 2 is 1.13 bits per heavy atom. The Balaban J connectivity index is 1.30. The highest BCUT2D eigenvalue weighted by Gasteiger charge is 2.32. The topological polar surface area (TPSA) is 42.5 Å². The molecule has 4 heteroatoms. The first-order chi connectivity index (χ1) is 11.4. The van der Waals surface area contributed by atoms with Gasteiger partial charge in [-0.15, -0.1) is 0 Å². The maximum absolute atomic E-state index is 5.89. The molecule has 120 valence electrons. The van der Waals surface area contributed by atoms with Gasteiger partial charge in [-0.25, -0.2) is 0 Å². The first kappa shape index (κ1) is 14.8. The molecule has 2 fully saturated rings. The van der Waals surface area contributed by atoms with Crippen molar-refractivity contribution in [3.63, 3.8) is 0 Å². The van der Waals surface area contributed by atoms with Crippen molar-refractivity contribution >= 4 is 0 Å². The molecule has 2 aliphatic heterocycles. The molecule has 4 nitrogen and oxygen atoms in total. The lowest BCUT2D eigenvalue weighted by Crippen LogP contribution is -2.34. The van der Waals surface area contributed by atoms with Crippen LogP contribution in [0.4, 0.5) is 0 Å². The summed E-state index contributed by atoms with van der Waals surface area (Å²) in [5.74, 6) is 0. The van der Waals surface area contributed by atoms with Gasteiger partial charge in [-0.05, 0) is 11.1 Å². The van der Waals surface area contributed by atoms with Gasteiger partial charge in [-0.3, -0.25) is 10.6 Å². The van der Waals surface area contributed by atoms with E-state index in [1.54, 1.807) is 0 Å². The van der Waals surface area contributed by atoms with Crippen LogP contribution in [0.3, 0.4) is 0 Å². The van der Waals surface area contributed by atoms with E-state index < -0.39 is 0 Å². The van der Waals surface area contributed by atoms with Crippen molar-refractivity contribution in [2.75, 3.05) is 13.2 Å². The first-order valence-corrected chi connectivity index (χ1v) is 8.24. The monoisotopic (exact) mass is 310 g/mol. The van der Waals surface area contributed by atoms with Crippen LogP contribution in [0.1, 0.15) is 29.6 Å². The number of rotatable bonds is 4. The normalized spacial score (nSPS) is 30.6. The van der Waals surface area contributed by atoms with Gasteiger partial charge in [0, 0.05) is 6.42 Å². The van der Waals surface area contributed by atoms with Gasteiger partial charge in [-0.2, -0.15) is 0 Å². The minimum Gasteiger partial charge on any atom is -0.361 e. The number of ether oxygens (including phenoxy) is 2. The summed E-state index contributed by atoms with van der Waals surface area (Å²) >= 11 is 0. The molecule has 2 saturated heterocycles. The highest BCUT2D eigenvalue weighted by Crippen LogP contribution is 2.25. The molecule has 0 amide bonds. The van der Waals surface area contributed by atoms with Crippen LogP contribution in [0.5, 0.6) is 0 Å². The minimum atomic E-state index is 0.0345. The van der Waals surface area contributed by atoms with Gasteiger partial charge in [-0.1, -0.05) is 60.7 Å². The SMILES string of the molecule is c1ccc([C@@H]2COC(CC3N[C@H](c4ccccc4)CO3)N2)cc1. The average Bonchev–Trinajstić information content (AvgIpc) is 3.27. The fourth-order valence-electron chi connectivity index (χ4n) is 3.29. The van der Waals surface area contributed by atoms with Gasteiger partial charge in [0.25, 0.3) is 0 Å². The quantitative estimate of drug-likeness (QED) is 0.911. The van der Waals surface area contributed by atoms with Crippen molar-refractivity contribution in [2.45, 2.75) is 31.0 Å². The molecule has 0 radical (unpaired) electrons. The first-order valence-electron chi connectivity index (χ1n) is 8.24. The van der Waals surface area contributed by atoms with Gasteiger partial charge in [0.15, 0.2) is 0 Å². The van der Waals surface area contributed by atoms with Crippen molar-refractivity contribution in [1.82, 2.24) is 10.6 Å². The molecule has 2 heterocycles. The van der Waals surface area contributed by atoms with E-state index in [0.29, 0.717) is 13.2 Å². The van der Waals surface area contributed by atoms with Crippen LogP contribution >= 0.6 is 0 Å². The summed E-state index contributed by atoms with van der Waals surface area (Å²) < 4.78 is 11.8. The van der Waals surface area contributed by atoms with E-state index in [-0.39, 0.29) is 24.5 Å². The third-order valence-corrected chi connectivity index (χ3v) is 4.53. The van der Waals surface area contributed by atoms with Gasteiger partial charge in [0.05, 0.1) is 25.3 Å². The van der Waals surface area contributed by atoms with Crippen molar-refractivity contribution in [1.29, 1.82) is 0 Å². The van der Waals surface area contributed by atoms with Crippen LogP contribution in [-0.2, 0) is 9.47 Å². The number of benzene rings is 2. The molecule has 0 aliphatic carbocycles. The third kappa shape index (κ3) is 3.46. The summed E-state index contributed by atoms with van der Waals surface area (Å²) in [5, 5.41) is 7.09. The van der Waals surface area contributed by atoms with Crippen LogP contribution in [-0.4, -0.2) is 25.7 Å². The van der Waals surface area contributed by atoms with Gasteiger partial charge >= 0.3 is 0 Å². The van der Waals surface area contributed by atoms with Crippen molar-refractivity contribution in [2.24, 2.45) is 0 Å². The second-order valence-corrected chi connectivity index (χ2v) is 6.14. The summed E-state index contributed by atoms with van der Waals surface area (Å²) in [6.45, 7) is 1.42. The van der Waals surface area contributed by atoms with E-state index in [9.17, 15) is 0 Å². The zero-order valence-corrected chi connectivity index (χ0v) is 13.0. The zero-order chi connectivity index (χ0) is 15.5. The standard InChI is InChI=1S/C19H22N2O2/c1-3-7-14(8-4-1)16-12-22-18(20-16)11-19-21-17(13-23-19)15-9-5-2-6-10-15/h1-10,16-21H,11-13H2/t16-,17-,18?,19?/m0/s1. The second kappa shape index (κ2) is 6.81. The van der Waals surface area contributed by atoms with E-state index in [4.69, 9.17) is 9.47 Å². The van der Waals surface area contributed by atoms with E-state index in [2.05, 4.69) is 59.2 Å². The van der Waals surface area contributed by atoms with Gasteiger partial charge < -0.3 is 9.47 Å². The Morgan fingerprint density at radius 1 is 0.696 bits per heavy atom. The fourth-order valence-corrected chi connectivity index (χ4v) is 3.29. The Kier molecular flexibility index (Phi) is 4.39. The molecule has 2 aromatic rings. The molecule has 23 heavy (non-hydrogen) atoms. The Hall–Kier alpha value is -1.72. The van der Waals surface area contributed by atoms with Crippen molar-refractivity contribution in [3.8, 4) is 0 Å². The fraction of sp³-hybridized carbons (Fsp3) is 0.368.